The summed E-state index contributed by atoms with van der Waals surface area (Å²) in [5, 5.41) is 5.79. The van der Waals surface area contributed by atoms with Crippen LogP contribution in [-0.4, -0.2) is 97.7 Å². The quantitative estimate of drug-likeness (QED) is 0.113. The monoisotopic (exact) mass is 837 g/mol. The van der Waals surface area contributed by atoms with E-state index in [1.807, 2.05) is 69.5 Å². The first-order valence-electron chi connectivity index (χ1n) is 20.8. The zero-order valence-corrected chi connectivity index (χ0v) is 35.4. The average molecular weight is 838 g/mol. The molecule has 2 aromatic carbocycles. The molecule has 17 heteroatoms. The smallest absolute Gasteiger partial charge is 0.407 e. The normalized spacial score (nSPS) is 19.4. The number of nitrogens with zero attached hydrogens (tertiary/aromatic N) is 5. The molecule has 0 aliphatic carbocycles. The number of ether oxygens (including phenoxy) is 3. The molecule has 2 saturated heterocycles. The fourth-order valence-corrected chi connectivity index (χ4v) is 8.98. The van der Waals surface area contributed by atoms with Crippen LogP contribution in [0.2, 0.25) is 0 Å². The summed E-state index contributed by atoms with van der Waals surface area (Å²) in [5.41, 5.74) is 4.64. The molecule has 3 aliphatic rings. The van der Waals surface area contributed by atoms with Crippen LogP contribution in [0, 0.1) is 17.7 Å². The first kappa shape index (κ1) is 41.3. The van der Waals surface area contributed by atoms with E-state index in [2.05, 4.69) is 30.6 Å². The van der Waals surface area contributed by atoms with Gasteiger partial charge in [-0.1, -0.05) is 39.8 Å². The van der Waals surface area contributed by atoms with Gasteiger partial charge in [0.15, 0.2) is 12.0 Å². The molecular formula is C44H52FN9O7. The number of hydrogen-bond acceptors (Lipinski definition) is 9. The molecular weight excluding hydrogens is 786 g/mol. The number of methoxy groups -OCH3 is 2. The van der Waals surface area contributed by atoms with Gasteiger partial charge in [-0.2, -0.15) is 0 Å². The third-order valence-corrected chi connectivity index (χ3v) is 12.1. The van der Waals surface area contributed by atoms with Gasteiger partial charge in [-0.15, -0.1) is 0 Å². The molecule has 3 aromatic heterocycles. The van der Waals surface area contributed by atoms with Crippen molar-refractivity contribution in [3.63, 3.8) is 0 Å². The summed E-state index contributed by atoms with van der Waals surface area (Å²) in [4.78, 5) is 71.0. The highest BCUT2D eigenvalue weighted by Crippen LogP contribution is 2.46. The number of nitrogens with one attached hydrogen (secondary N) is 4. The van der Waals surface area contributed by atoms with Crippen molar-refractivity contribution in [2.75, 3.05) is 27.3 Å². The van der Waals surface area contributed by atoms with E-state index in [9.17, 15) is 19.2 Å². The Morgan fingerprint density at radius 2 is 1.30 bits per heavy atom. The third-order valence-electron chi connectivity index (χ3n) is 12.1. The number of carbonyl (C=O) groups is 4. The van der Waals surface area contributed by atoms with Gasteiger partial charge in [0.2, 0.25) is 11.8 Å². The van der Waals surface area contributed by atoms with Crippen molar-refractivity contribution >= 4 is 34.9 Å². The number of H-pyrrole nitrogens is 2. The van der Waals surface area contributed by atoms with Crippen LogP contribution in [0.4, 0.5) is 14.0 Å². The van der Waals surface area contributed by atoms with Crippen molar-refractivity contribution < 1.29 is 37.8 Å². The third kappa shape index (κ3) is 7.54. The van der Waals surface area contributed by atoms with Gasteiger partial charge in [0.25, 0.3) is 0 Å². The van der Waals surface area contributed by atoms with Crippen molar-refractivity contribution in [1.29, 1.82) is 0 Å². The van der Waals surface area contributed by atoms with Crippen LogP contribution >= 0.6 is 0 Å². The molecule has 0 saturated carbocycles. The van der Waals surface area contributed by atoms with E-state index in [4.69, 9.17) is 14.2 Å². The minimum Gasteiger partial charge on any atom is -0.470 e. The highest BCUT2D eigenvalue weighted by Gasteiger charge is 2.39. The Morgan fingerprint density at radius 1 is 0.787 bits per heavy atom. The van der Waals surface area contributed by atoms with Crippen molar-refractivity contribution in [2.45, 2.75) is 90.7 Å². The summed E-state index contributed by atoms with van der Waals surface area (Å²) < 4.78 is 34.6. The van der Waals surface area contributed by atoms with Gasteiger partial charge in [-0.05, 0) is 68.7 Å². The number of amides is 4. The number of fused-ring (bicyclic) bond motifs is 5. The highest BCUT2D eigenvalue weighted by molar-refractivity contribution is 5.93. The van der Waals surface area contributed by atoms with E-state index in [1.165, 1.54) is 14.2 Å². The van der Waals surface area contributed by atoms with Gasteiger partial charge in [0, 0.05) is 35.2 Å². The Bertz CT molecular complexity index is 2490. The van der Waals surface area contributed by atoms with Crippen LogP contribution in [0.1, 0.15) is 90.3 Å². The topological polar surface area (TPSA) is 189 Å². The molecule has 0 radical (unpaired) electrons. The lowest BCUT2D eigenvalue weighted by atomic mass is 10.0. The van der Waals surface area contributed by atoms with Crippen LogP contribution in [-0.2, 0) is 19.1 Å². The molecule has 8 rings (SSSR count). The van der Waals surface area contributed by atoms with Gasteiger partial charge in [0.1, 0.15) is 29.5 Å². The van der Waals surface area contributed by atoms with Crippen LogP contribution in [0.3, 0.4) is 0 Å². The lowest BCUT2D eigenvalue weighted by Crippen LogP contribution is -2.51. The second-order valence-corrected chi connectivity index (χ2v) is 16.7. The lowest BCUT2D eigenvalue weighted by molar-refractivity contribution is -0.136. The predicted molar refractivity (Wildman–Crippen MR) is 224 cm³/mol. The van der Waals surface area contributed by atoms with Gasteiger partial charge in [0.05, 0.1) is 61.3 Å². The Balaban J connectivity index is 1.03. The first-order valence-corrected chi connectivity index (χ1v) is 20.8. The highest BCUT2D eigenvalue weighted by atomic mass is 19.1. The molecule has 0 spiro atoms. The van der Waals surface area contributed by atoms with Gasteiger partial charge in [-0.25, -0.2) is 23.9 Å². The largest absolute Gasteiger partial charge is 0.470 e. The van der Waals surface area contributed by atoms with E-state index in [0.717, 1.165) is 36.1 Å². The summed E-state index contributed by atoms with van der Waals surface area (Å²) >= 11 is 0. The maximum atomic E-state index is 16.7. The van der Waals surface area contributed by atoms with Gasteiger partial charge < -0.3 is 49.2 Å². The number of carbonyl (C=O) groups excluding carboxylic acids is 4. The SMILES string of the molecule is COC(=O)NC(C(=O)N1CCCC1c1ncc(-c2ccc3c(c2)OC(C)n2c-3c(F)c3cc(-c4cnc(C5CCCN5C(=O)C(NC(=O)OC)C(C)C)[nH]4)ccc32)[nH]1)C(C)C. The number of benzene rings is 2. The summed E-state index contributed by atoms with van der Waals surface area (Å²) in [6.07, 6.45) is 4.60. The first-order chi connectivity index (χ1) is 29.3. The van der Waals surface area contributed by atoms with Crippen molar-refractivity contribution in [1.82, 2.24) is 44.9 Å². The van der Waals surface area contributed by atoms with E-state index in [-0.39, 0.29) is 41.6 Å². The Hall–Kier alpha value is -6.39. The van der Waals surface area contributed by atoms with Crippen LogP contribution in [0.25, 0.3) is 44.7 Å². The maximum absolute atomic E-state index is 16.7. The minimum absolute atomic E-state index is 0.148. The molecule has 6 heterocycles. The Labute approximate surface area is 352 Å². The molecule has 4 amide bonds. The number of alkyl carbamates (subject to hydrolysis) is 2. The Morgan fingerprint density at radius 3 is 1.80 bits per heavy atom. The number of hydrogen-bond donors (Lipinski definition) is 4. The van der Waals surface area contributed by atoms with Crippen LogP contribution in [0.15, 0.2) is 48.8 Å². The zero-order chi connectivity index (χ0) is 43.3. The van der Waals surface area contributed by atoms with Crippen molar-refractivity contribution in [3.8, 4) is 39.5 Å². The van der Waals surface area contributed by atoms with E-state index in [1.54, 1.807) is 28.3 Å². The number of halogens is 1. The fraction of sp³-hybridized carbons (Fsp3) is 0.455. The van der Waals surface area contributed by atoms with Crippen molar-refractivity contribution in [3.05, 3.63) is 66.3 Å². The second kappa shape index (κ2) is 16.6. The number of likely N-dealkylation sites (tertiary alicyclic amines) is 2. The van der Waals surface area contributed by atoms with Crippen LogP contribution < -0.4 is 15.4 Å². The molecule has 0 bridgehead atoms. The summed E-state index contributed by atoms with van der Waals surface area (Å²) in [5.74, 6) is 0.727. The van der Waals surface area contributed by atoms with Crippen molar-refractivity contribution in [2.24, 2.45) is 11.8 Å². The Kier molecular flexibility index (Phi) is 11.2. The number of rotatable bonds is 10. The molecule has 16 nitrogen and oxygen atoms in total. The van der Waals surface area contributed by atoms with Gasteiger partial charge >= 0.3 is 12.2 Å². The molecule has 5 unspecified atom stereocenters. The number of aromatic nitrogens is 5. The summed E-state index contributed by atoms with van der Waals surface area (Å²) in [6.45, 7) is 10.5. The zero-order valence-electron chi connectivity index (χ0n) is 35.4. The second-order valence-electron chi connectivity index (χ2n) is 16.7. The molecule has 3 aliphatic heterocycles. The van der Waals surface area contributed by atoms with E-state index < -0.39 is 30.5 Å². The maximum Gasteiger partial charge on any atom is 0.407 e. The molecule has 2 fully saturated rings. The molecule has 61 heavy (non-hydrogen) atoms. The minimum atomic E-state index is -0.746. The van der Waals surface area contributed by atoms with E-state index >= 15 is 4.39 Å². The van der Waals surface area contributed by atoms with Gasteiger partial charge in [-0.3, -0.25) is 9.59 Å². The molecule has 5 atom stereocenters. The van der Waals surface area contributed by atoms with E-state index in [0.29, 0.717) is 64.8 Å². The average Bonchev–Trinajstić information content (AvgIpc) is 4.11. The van der Waals surface area contributed by atoms with Crippen LogP contribution in [0.5, 0.6) is 5.75 Å². The number of aromatic amines is 2. The molecule has 322 valence electrons. The standard InChI is InChI=1S/C44H52FN9O7/c1-22(2)36(50-43(57)59-6)41(55)52-16-8-10-32(52)39-46-20-29(48-39)25-13-15-31-28(18-25)35(45)38-27-14-12-26(19-34(27)61-24(5)54(31)38)30-21-47-40(49-30)33-11-9-17-53(33)42(56)37(23(3)4)51-44(58)60-7/h12-15,18-24,32-33,36-37H,8-11,16-17H2,1-7H3,(H,46,48)(H,47,49)(H,50,57)(H,51,58). The predicted octanol–water partition coefficient (Wildman–Crippen LogP) is 7.23. The molecule has 5 aromatic rings. The number of imidazole rings is 2. The summed E-state index contributed by atoms with van der Waals surface area (Å²) in [6, 6.07) is 9.14. The molecule has 4 N–H and O–H groups in total. The lowest BCUT2D eigenvalue weighted by Gasteiger charge is -2.30. The summed E-state index contributed by atoms with van der Waals surface area (Å²) in [7, 11) is 2.54. The fourth-order valence-electron chi connectivity index (χ4n) is 8.98.